The predicted octanol–water partition coefficient (Wildman–Crippen LogP) is 0.626. The smallest absolute Gasteiger partial charge is 0.405 e. The van der Waals surface area contributed by atoms with Crippen molar-refractivity contribution in [3.05, 3.63) is 45.1 Å². The molecule has 320 valence electrons. The van der Waals surface area contributed by atoms with E-state index in [4.69, 9.17) is 30.4 Å². The molecule has 18 nitrogen and oxygen atoms in total. The summed E-state index contributed by atoms with van der Waals surface area (Å²) in [6.07, 6.45) is 7.07. The molecule has 0 spiro atoms. The van der Waals surface area contributed by atoms with Crippen molar-refractivity contribution < 1.29 is 47.7 Å². The van der Waals surface area contributed by atoms with E-state index in [2.05, 4.69) is 21.3 Å². The minimum Gasteiger partial charge on any atom is -0.449 e. The number of Topliss-reactive ketones (excluding diaryl/α,β-unsaturated/α-hetero) is 4. The second-order valence-corrected chi connectivity index (χ2v) is 16.9. The van der Waals surface area contributed by atoms with Crippen LogP contribution in [0.2, 0.25) is 0 Å². The van der Waals surface area contributed by atoms with Crippen molar-refractivity contribution in [1.82, 2.24) is 31.1 Å². The number of nitrogens with two attached hydrogens (primary N) is 2. The molecule has 8 aliphatic rings. The van der Waals surface area contributed by atoms with Gasteiger partial charge >= 0.3 is 12.2 Å². The summed E-state index contributed by atoms with van der Waals surface area (Å²) < 4.78 is 22.6. The normalized spacial score (nSPS) is 32.3. The molecule has 4 fully saturated rings. The van der Waals surface area contributed by atoms with E-state index in [1.807, 2.05) is 4.90 Å². The number of carbonyl (C=O) groups is 6. The van der Waals surface area contributed by atoms with Crippen LogP contribution in [-0.4, -0.2) is 134 Å². The van der Waals surface area contributed by atoms with Crippen molar-refractivity contribution >= 4 is 35.3 Å². The first-order valence-corrected chi connectivity index (χ1v) is 21.0. The minimum atomic E-state index is -1.19. The Hall–Kier alpha value is -4.78. The second kappa shape index (κ2) is 15.7. The highest BCUT2D eigenvalue weighted by Gasteiger charge is 2.75. The molecule has 0 aromatic heterocycles. The topological polar surface area (TPSA) is 266 Å². The monoisotopic (exact) mass is 820 g/mol. The number of methoxy groups -OCH3 is 2. The minimum absolute atomic E-state index is 0.0716. The Morgan fingerprint density at radius 1 is 0.661 bits per heavy atom. The number of hydrogen-bond donors (Lipinski definition) is 6. The van der Waals surface area contributed by atoms with Crippen LogP contribution in [0.25, 0.3) is 0 Å². The highest BCUT2D eigenvalue weighted by molar-refractivity contribution is 6.26. The number of unbranched alkanes of at least 4 members (excludes halogenated alkanes) is 9. The molecule has 0 aromatic carbocycles. The summed E-state index contributed by atoms with van der Waals surface area (Å²) >= 11 is 0. The standard InChI is InChI=1S/C41H56N8O10/c1-20-27(33(52)25-22(19-58-38(42)54)40(56-3)35-23(46-35)17-48(40)29(25)31(20)50)44-15-13-11-9-7-5-6-8-10-12-14-16-45-28-21(2)32(51)30-26(34(28)53)37(59-39(43)55)41(57-4)36-24(47-36)18-49(30)41/h22-24,35-37,44-47H,5-19H2,1-4H3,(H2,42,54)(H2,43,55)/t22-,23+,24+,35+,36+,37-,40-,41+/m1/s1. The Balaban J connectivity index is 0.721. The fourth-order valence-corrected chi connectivity index (χ4v) is 10.8. The zero-order valence-corrected chi connectivity index (χ0v) is 34.2. The third-order valence-corrected chi connectivity index (χ3v) is 13.7. The van der Waals surface area contributed by atoms with E-state index >= 15 is 0 Å². The van der Waals surface area contributed by atoms with Gasteiger partial charge in [-0.3, -0.25) is 19.2 Å². The molecule has 8 N–H and O–H groups in total. The Labute approximate surface area is 342 Å². The van der Waals surface area contributed by atoms with E-state index in [9.17, 15) is 28.8 Å². The largest absolute Gasteiger partial charge is 0.449 e. The van der Waals surface area contributed by atoms with Gasteiger partial charge in [0.05, 0.1) is 46.4 Å². The zero-order valence-electron chi connectivity index (χ0n) is 34.2. The third kappa shape index (κ3) is 6.44. The summed E-state index contributed by atoms with van der Waals surface area (Å²) in [7, 11) is 3.04. The number of nitrogens with zero attached hydrogens (tertiary/aromatic N) is 2. The van der Waals surface area contributed by atoms with Crippen LogP contribution in [0.3, 0.4) is 0 Å². The van der Waals surface area contributed by atoms with Crippen molar-refractivity contribution in [3.8, 4) is 0 Å². The molecule has 2 aliphatic carbocycles. The summed E-state index contributed by atoms with van der Waals surface area (Å²) in [6, 6.07) is -0.0836. The van der Waals surface area contributed by atoms with E-state index in [1.54, 1.807) is 25.9 Å². The lowest BCUT2D eigenvalue weighted by Gasteiger charge is -2.39. The summed E-state index contributed by atoms with van der Waals surface area (Å²) in [5.74, 6) is -1.79. The van der Waals surface area contributed by atoms with Gasteiger partial charge in [0, 0.05) is 69.2 Å². The zero-order chi connectivity index (χ0) is 42.0. The van der Waals surface area contributed by atoms with Gasteiger partial charge in [-0.15, -0.1) is 0 Å². The predicted molar refractivity (Wildman–Crippen MR) is 209 cm³/mol. The van der Waals surface area contributed by atoms with Crippen molar-refractivity contribution in [2.45, 2.75) is 120 Å². The molecule has 0 bridgehead atoms. The van der Waals surface area contributed by atoms with Crippen molar-refractivity contribution in [1.29, 1.82) is 0 Å². The van der Waals surface area contributed by atoms with Gasteiger partial charge < -0.3 is 61.5 Å². The van der Waals surface area contributed by atoms with E-state index in [0.29, 0.717) is 54.3 Å². The van der Waals surface area contributed by atoms with Crippen LogP contribution in [-0.2, 0) is 38.1 Å². The molecular formula is C41H56N8O10. The van der Waals surface area contributed by atoms with Crippen LogP contribution in [0.4, 0.5) is 9.59 Å². The Kier molecular flexibility index (Phi) is 10.9. The number of ketones is 4. The van der Waals surface area contributed by atoms with Gasteiger partial charge in [0.15, 0.2) is 17.6 Å². The molecule has 0 unspecified atom stereocenters. The number of primary amides is 2. The van der Waals surface area contributed by atoms with Gasteiger partial charge in [-0.1, -0.05) is 51.4 Å². The van der Waals surface area contributed by atoms with Crippen LogP contribution in [0.15, 0.2) is 45.1 Å². The van der Waals surface area contributed by atoms with Gasteiger partial charge in [0.25, 0.3) is 0 Å². The summed E-state index contributed by atoms with van der Waals surface area (Å²) in [5, 5.41) is 13.1. The number of carbonyl (C=O) groups excluding carboxylic acids is 6. The van der Waals surface area contributed by atoms with Crippen LogP contribution in [0.5, 0.6) is 0 Å². The summed E-state index contributed by atoms with van der Waals surface area (Å²) in [4.78, 5) is 82.3. The number of amides is 2. The highest BCUT2D eigenvalue weighted by Crippen LogP contribution is 2.56. The van der Waals surface area contributed by atoms with Crippen molar-refractivity contribution in [2.24, 2.45) is 17.4 Å². The molecule has 0 saturated carbocycles. The molecule has 8 atom stereocenters. The van der Waals surface area contributed by atoms with Crippen LogP contribution in [0.1, 0.15) is 78.1 Å². The molecule has 4 saturated heterocycles. The first-order valence-electron chi connectivity index (χ1n) is 21.0. The lowest BCUT2D eigenvalue weighted by Crippen LogP contribution is -2.58. The SMILES string of the molecule is CO[C@@]12[C@H](COC(N)=O)C3=C(C(=O)C(C)=C(NCCCCCCCCCCCCNC4=C(C)C(=O)C5=C(C4=O)[C@@H](OC(N)=O)[C@@]4(OC)[C@H]6N[C@H]6CN54)C3=O)N1C[C@@H]1N[C@@H]12. The first kappa shape index (κ1) is 41.0. The number of allylic oxidation sites excluding steroid dienone is 4. The summed E-state index contributed by atoms with van der Waals surface area (Å²) in [5.41, 5.74) is 10.8. The molecule has 2 amide bonds. The highest BCUT2D eigenvalue weighted by atomic mass is 16.6. The van der Waals surface area contributed by atoms with Crippen molar-refractivity contribution in [3.63, 3.8) is 0 Å². The Morgan fingerprint density at radius 2 is 1.10 bits per heavy atom. The van der Waals surface area contributed by atoms with E-state index in [0.717, 1.165) is 64.2 Å². The van der Waals surface area contributed by atoms with Gasteiger partial charge in [-0.05, 0) is 26.7 Å². The number of fused-ring (bicyclic) bond motifs is 8. The van der Waals surface area contributed by atoms with Gasteiger partial charge in [-0.2, -0.15) is 0 Å². The first-order chi connectivity index (χ1) is 28.3. The number of nitrogens with one attached hydrogen (secondary N) is 4. The van der Waals surface area contributed by atoms with Gasteiger partial charge in [0.2, 0.25) is 23.1 Å². The maximum absolute atomic E-state index is 14.0. The lowest BCUT2D eigenvalue weighted by atomic mass is 9.82. The third-order valence-electron chi connectivity index (χ3n) is 13.7. The van der Waals surface area contributed by atoms with Gasteiger partial charge in [0.1, 0.15) is 6.61 Å². The van der Waals surface area contributed by atoms with Gasteiger partial charge in [-0.25, -0.2) is 9.59 Å². The maximum Gasteiger partial charge on any atom is 0.405 e. The molecule has 18 heteroatoms. The molecule has 6 heterocycles. The van der Waals surface area contributed by atoms with E-state index < -0.39 is 35.7 Å². The summed E-state index contributed by atoms with van der Waals surface area (Å²) in [6.45, 7) is 5.23. The quantitative estimate of drug-likeness (QED) is 0.0559. The second-order valence-electron chi connectivity index (χ2n) is 16.9. The number of hydrogen-bond acceptors (Lipinski definition) is 16. The molecule has 8 rings (SSSR count). The van der Waals surface area contributed by atoms with Crippen LogP contribution >= 0.6 is 0 Å². The van der Waals surface area contributed by atoms with Crippen molar-refractivity contribution in [2.75, 3.05) is 47.0 Å². The number of ether oxygens (including phenoxy) is 4. The van der Waals surface area contributed by atoms with Crippen LogP contribution < -0.4 is 32.7 Å². The fourth-order valence-electron chi connectivity index (χ4n) is 10.8. The molecular weight excluding hydrogens is 764 g/mol. The van der Waals surface area contributed by atoms with E-state index in [1.165, 1.54) is 7.11 Å². The maximum atomic E-state index is 14.0. The Bertz CT molecular complexity index is 1990. The average molecular weight is 821 g/mol. The van der Waals surface area contributed by atoms with Crippen LogP contribution in [0, 0.1) is 5.92 Å². The molecule has 0 aromatic rings. The Morgan fingerprint density at radius 3 is 1.58 bits per heavy atom. The lowest BCUT2D eigenvalue weighted by molar-refractivity contribution is -0.151. The fraction of sp³-hybridized carbons (Fsp3) is 0.659. The van der Waals surface area contributed by atoms with E-state index in [-0.39, 0.29) is 70.9 Å². The average Bonchev–Trinajstić information content (AvgIpc) is 4.04. The number of piperazine rings is 2. The molecule has 59 heavy (non-hydrogen) atoms. The molecule has 0 radical (unpaired) electrons. The molecule has 6 aliphatic heterocycles. The number of rotatable bonds is 20.